The Bertz CT molecular complexity index is 462. The molecule has 122 valence electrons. The van der Waals surface area contributed by atoms with Crippen molar-refractivity contribution in [2.24, 2.45) is 5.92 Å². The Kier molecular flexibility index (Phi) is 6.18. The van der Waals surface area contributed by atoms with Gasteiger partial charge in [0.25, 0.3) is 0 Å². The summed E-state index contributed by atoms with van der Waals surface area (Å²) in [4.78, 5) is 15.2. The second-order valence-corrected chi connectivity index (χ2v) is 8.03. The summed E-state index contributed by atoms with van der Waals surface area (Å²) in [5.41, 5.74) is -0.403. The fourth-order valence-electron chi connectivity index (χ4n) is 2.59. The first kappa shape index (κ1) is 17.2. The molecule has 0 saturated carbocycles. The summed E-state index contributed by atoms with van der Waals surface area (Å²) in [6, 6.07) is 10.5. The average molecular weight is 321 g/mol. The topological polar surface area (TPSA) is 29.5 Å². The third-order valence-corrected chi connectivity index (χ3v) is 4.85. The molecule has 1 saturated heterocycles. The maximum atomic E-state index is 12.0. The Hall–Kier alpha value is -1.16. The van der Waals surface area contributed by atoms with Crippen LogP contribution < -0.4 is 0 Å². The van der Waals surface area contributed by atoms with Gasteiger partial charge in [0.05, 0.1) is 0 Å². The van der Waals surface area contributed by atoms with Gasteiger partial charge in [-0.1, -0.05) is 18.2 Å². The van der Waals surface area contributed by atoms with Crippen LogP contribution in [0.25, 0.3) is 0 Å². The first-order valence-corrected chi connectivity index (χ1v) is 9.08. The number of thioether (sulfide) groups is 1. The van der Waals surface area contributed by atoms with Crippen LogP contribution in [0.2, 0.25) is 0 Å². The molecule has 0 spiro atoms. The molecule has 0 radical (unpaired) electrons. The Morgan fingerprint density at radius 2 is 1.86 bits per heavy atom. The molecule has 1 aromatic carbocycles. The van der Waals surface area contributed by atoms with E-state index in [1.54, 1.807) is 0 Å². The molecule has 0 atom stereocenters. The predicted molar refractivity (Wildman–Crippen MR) is 92.3 cm³/mol. The van der Waals surface area contributed by atoms with Gasteiger partial charge in [0, 0.05) is 18.0 Å². The van der Waals surface area contributed by atoms with Crippen molar-refractivity contribution >= 4 is 17.9 Å². The number of amides is 1. The van der Waals surface area contributed by atoms with E-state index in [1.165, 1.54) is 11.3 Å². The van der Waals surface area contributed by atoms with E-state index in [0.717, 1.165) is 37.6 Å². The van der Waals surface area contributed by atoms with Crippen LogP contribution in [0.3, 0.4) is 0 Å². The highest BCUT2D eigenvalue weighted by Gasteiger charge is 2.26. The van der Waals surface area contributed by atoms with Gasteiger partial charge in [0.1, 0.15) is 5.60 Å². The summed E-state index contributed by atoms with van der Waals surface area (Å²) in [6.45, 7) is 7.40. The highest BCUT2D eigenvalue weighted by molar-refractivity contribution is 7.99. The molecule has 1 fully saturated rings. The van der Waals surface area contributed by atoms with Gasteiger partial charge in [-0.25, -0.2) is 4.79 Å². The van der Waals surface area contributed by atoms with E-state index in [2.05, 4.69) is 30.3 Å². The number of nitrogens with zero attached hydrogens (tertiary/aromatic N) is 1. The van der Waals surface area contributed by atoms with E-state index < -0.39 is 5.60 Å². The molecule has 3 nitrogen and oxygen atoms in total. The average Bonchev–Trinajstić information content (AvgIpc) is 2.47. The van der Waals surface area contributed by atoms with Crippen molar-refractivity contribution < 1.29 is 9.53 Å². The van der Waals surface area contributed by atoms with E-state index in [9.17, 15) is 4.79 Å². The van der Waals surface area contributed by atoms with Crippen LogP contribution >= 0.6 is 11.8 Å². The van der Waals surface area contributed by atoms with Crippen LogP contribution in [0, 0.1) is 5.92 Å². The van der Waals surface area contributed by atoms with Gasteiger partial charge >= 0.3 is 6.09 Å². The summed E-state index contributed by atoms with van der Waals surface area (Å²) in [6.07, 6.45) is 3.25. The number of hydrogen-bond acceptors (Lipinski definition) is 3. The molecular weight excluding hydrogens is 294 g/mol. The van der Waals surface area contributed by atoms with Crippen molar-refractivity contribution in [3.63, 3.8) is 0 Å². The van der Waals surface area contributed by atoms with Crippen LogP contribution in [0.5, 0.6) is 0 Å². The molecule has 0 unspecified atom stereocenters. The van der Waals surface area contributed by atoms with Crippen LogP contribution in [0.15, 0.2) is 35.2 Å². The Labute approximate surface area is 138 Å². The monoisotopic (exact) mass is 321 g/mol. The van der Waals surface area contributed by atoms with E-state index >= 15 is 0 Å². The third kappa shape index (κ3) is 5.91. The van der Waals surface area contributed by atoms with Crippen molar-refractivity contribution in [3.8, 4) is 0 Å². The molecule has 1 amide bonds. The van der Waals surface area contributed by atoms with Crippen molar-refractivity contribution in [1.29, 1.82) is 0 Å². The molecule has 1 aliphatic heterocycles. The summed E-state index contributed by atoms with van der Waals surface area (Å²) in [7, 11) is 0. The summed E-state index contributed by atoms with van der Waals surface area (Å²) in [5, 5.41) is 0. The summed E-state index contributed by atoms with van der Waals surface area (Å²) < 4.78 is 5.43. The van der Waals surface area contributed by atoms with Gasteiger partial charge in [0.15, 0.2) is 0 Å². The van der Waals surface area contributed by atoms with Crippen LogP contribution in [-0.2, 0) is 4.74 Å². The highest BCUT2D eigenvalue weighted by Crippen LogP contribution is 2.26. The zero-order valence-electron chi connectivity index (χ0n) is 13.9. The normalized spacial score (nSPS) is 16.6. The lowest BCUT2D eigenvalue weighted by atomic mass is 9.95. The molecule has 1 heterocycles. The minimum Gasteiger partial charge on any atom is -0.444 e. The maximum absolute atomic E-state index is 12.0. The first-order chi connectivity index (χ1) is 10.4. The predicted octanol–water partition coefficient (Wildman–Crippen LogP) is 4.82. The molecule has 0 aromatic heterocycles. The number of carbonyl (C=O) groups is 1. The quantitative estimate of drug-likeness (QED) is 0.745. The lowest BCUT2D eigenvalue weighted by Gasteiger charge is -2.33. The lowest BCUT2D eigenvalue weighted by Crippen LogP contribution is -2.41. The minimum absolute atomic E-state index is 0.162. The second-order valence-electron chi connectivity index (χ2n) is 6.86. The summed E-state index contributed by atoms with van der Waals surface area (Å²) in [5.74, 6) is 1.89. The van der Waals surface area contributed by atoms with Crippen LogP contribution in [0.4, 0.5) is 4.79 Å². The third-order valence-electron chi connectivity index (χ3n) is 3.80. The number of carbonyl (C=O) groups excluding carboxylic acids is 1. The van der Waals surface area contributed by atoms with E-state index in [0.29, 0.717) is 0 Å². The van der Waals surface area contributed by atoms with Gasteiger partial charge < -0.3 is 9.64 Å². The van der Waals surface area contributed by atoms with Gasteiger partial charge in [-0.3, -0.25) is 0 Å². The second kappa shape index (κ2) is 7.91. The fraction of sp³-hybridized carbons (Fsp3) is 0.611. The Balaban J connectivity index is 1.66. The standard InChI is InChI=1S/C18H27NO2S/c1-18(2,3)21-17(20)19-12-9-15(10-13-19)11-14-22-16-7-5-4-6-8-16/h4-8,15H,9-14H2,1-3H3. The minimum atomic E-state index is -0.403. The van der Waals surface area contributed by atoms with Gasteiger partial charge in [-0.2, -0.15) is 0 Å². The van der Waals surface area contributed by atoms with Gasteiger partial charge in [-0.15, -0.1) is 11.8 Å². The molecular formula is C18H27NO2S. The molecule has 22 heavy (non-hydrogen) atoms. The van der Waals surface area contributed by atoms with E-state index in [4.69, 9.17) is 4.74 Å². The Morgan fingerprint density at radius 3 is 2.45 bits per heavy atom. The smallest absolute Gasteiger partial charge is 0.410 e. The number of likely N-dealkylation sites (tertiary alicyclic amines) is 1. The number of hydrogen-bond donors (Lipinski definition) is 0. The number of benzene rings is 1. The highest BCUT2D eigenvalue weighted by atomic mass is 32.2. The molecule has 0 N–H and O–H groups in total. The largest absolute Gasteiger partial charge is 0.444 e. The van der Waals surface area contributed by atoms with Crippen LogP contribution in [-0.4, -0.2) is 35.4 Å². The van der Waals surface area contributed by atoms with Crippen LogP contribution in [0.1, 0.15) is 40.0 Å². The van der Waals surface area contributed by atoms with Crippen molar-refractivity contribution in [3.05, 3.63) is 30.3 Å². The number of rotatable bonds is 4. The van der Waals surface area contributed by atoms with Gasteiger partial charge in [-0.05, 0) is 63.8 Å². The van der Waals surface area contributed by atoms with Crippen molar-refractivity contribution in [2.75, 3.05) is 18.8 Å². The maximum Gasteiger partial charge on any atom is 0.410 e. The van der Waals surface area contributed by atoms with E-state index in [1.807, 2.05) is 37.4 Å². The molecule has 0 aliphatic carbocycles. The zero-order chi connectivity index (χ0) is 16.0. The Morgan fingerprint density at radius 1 is 1.23 bits per heavy atom. The number of ether oxygens (including phenoxy) is 1. The number of piperidine rings is 1. The SMILES string of the molecule is CC(C)(C)OC(=O)N1CCC(CCSc2ccccc2)CC1. The van der Waals surface area contributed by atoms with Crippen molar-refractivity contribution in [2.45, 2.75) is 50.5 Å². The summed E-state index contributed by atoms with van der Waals surface area (Å²) >= 11 is 1.92. The van der Waals surface area contributed by atoms with Crippen molar-refractivity contribution in [1.82, 2.24) is 4.90 Å². The molecule has 1 aliphatic rings. The first-order valence-electron chi connectivity index (χ1n) is 8.10. The fourth-order valence-corrected chi connectivity index (χ4v) is 3.63. The van der Waals surface area contributed by atoms with Gasteiger partial charge in [0.2, 0.25) is 0 Å². The molecule has 0 bridgehead atoms. The zero-order valence-corrected chi connectivity index (χ0v) is 14.7. The molecule has 1 aromatic rings. The molecule has 4 heteroatoms. The lowest BCUT2D eigenvalue weighted by molar-refractivity contribution is 0.0183. The molecule has 2 rings (SSSR count). The van der Waals surface area contributed by atoms with E-state index in [-0.39, 0.29) is 6.09 Å².